The fraction of sp³-hybridized carbons (Fsp3) is 0.286. The van der Waals surface area contributed by atoms with Gasteiger partial charge >= 0.3 is 6.09 Å². The summed E-state index contributed by atoms with van der Waals surface area (Å²) >= 11 is 6.19. The van der Waals surface area contributed by atoms with Gasteiger partial charge in [-0.2, -0.15) is 0 Å². The molecule has 0 radical (unpaired) electrons. The van der Waals surface area contributed by atoms with Crippen molar-refractivity contribution in [3.63, 3.8) is 0 Å². The number of hydrogen-bond donors (Lipinski definition) is 1. The summed E-state index contributed by atoms with van der Waals surface area (Å²) in [5.41, 5.74) is 1.82. The second-order valence-corrected chi connectivity index (χ2v) is 7.25. The predicted molar refractivity (Wildman–Crippen MR) is 104 cm³/mol. The van der Waals surface area contributed by atoms with Crippen LogP contribution in [0.15, 0.2) is 54.2 Å². The van der Waals surface area contributed by atoms with E-state index in [1.54, 1.807) is 30.3 Å². The molecular formula is C21H20ClFN2O2. The Morgan fingerprint density at radius 3 is 2.59 bits per heavy atom. The lowest BCUT2D eigenvalue weighted by Gasteiger charge is -2.47. The number of carbonyl (C=O) groups excluding carboxylic acids is 1. The molecule has 5 rings (SSSR count). The third-order valence-electron chi connectivity index (χ3n) is 5.17. The number of rotatable bonds is 3. The van der Waals surface area contributed by atoms with Crippen molar-refractivity contribution < 1.29 is 13.9 Å². The summed E-state index contributed by atoms with van der Waals surface area (Å²) in [6.07, 6.45) is 2.71. The second kappa shape index (κ2) is 7.61. The first-order chi connectivity index (χ1) is 13.1. The minimum atomic E-state index is -0.509. The molecule has 2 bridgehead atoms. The molecule has 27 heavy (non-hydrogen) atoms. The van der Waals surface area contributed by atoms with Crippen LogP contribution in [-0.4, -0.2) is 30.2 Å². The number of para-hydroxylation sites is 1. The van der Waals surface area contributed by atoms with Gasteiger partial charge in [-0.05, 0) is 43.2 Å². The normalized spacial score (nSPS) is 22.7. The first kappa shape index (κ1) is 17.9. The molecule has 2 aromatic carbocycles. The van der Waals surface area contributed by atoms with Gasteiger partial charge in [-0.25, -0.2) is 9.18 Å². The molecule has 0 saturated carbocycles. The van der Waals surface area contributed by atoms with Crippen LogP contribution in [0.5, 0.6) is 0 Å². The van der Waals surface area contributed by atoms with Crippen molar-refractivity contribution in [3.8, 4) is 0 Å². The van der Waals surface area contributed by atoms with E-state index >= 15 is 0 Å². The van der Waals surface area contributed by atoms with Crippen molar-refractivity contribution in [1.29, 1.82) is 0 Å². The third kappa shape index (κ3) is 3.78. The highest BCUT2D eigenvalue weighted by molar-refractivity contribution is 6.32. The number of nitrogens with one attached hydrogen (secondary N) is 1. The lowest BCUT2D eigenvalue weighted by atomic mass is 9.82. The molecule has 3 heterocycles. The number of fused-ring (bicyclic) bond motifs is 3. The standard InChI is InChI=1S/C21H20ClFN2O2/c22-17-7-4-8-18(23)16(17)13-19-20(14-9-11-25(19)12-10-14)27-21(26)24-15-5-2-1-3-6-15/h1-8,13-14,20H,9-12H2,(H,24,26). The van der Waals surface area contributed by atoms with Crippen LogP contribution in [0.3, 0.4) is 0 Å². The Hall–Kier alpha value is -2.53. The fourth-order valence-corrected chi connectivity index (χ4v) is 4.01. The molecule has 3 aliphatic rings. The molecule has 1 amide bonds. The van der Waals surface area contributed by atoms with E-state index in [0.717, 1.165) is 31.6 Å². The lowest BCUT2D eigenvalue weighted by molar-refractivity contribution is 0.0103. The number of halogens is 2. The molecule has 1 unspecified atom stereocenters. The van der Waals surface area contributed by atoms with E-state index in [-0.39, 0.29) is 11.7 Å². The number of carbonyl (C=O) groups is 1. The van der Waals surface area contributed by atoms with Gasteiger partial charge in [0.25, 0.3) is 0 Å². The molecule has 140 valence electrons. The molecule has 3 saturated heterocycles. The van der Waals surface area contributed by atoms with Crippen molar-refractivity contribution in [2.24, 2.45) is 5.92 Å². The van der Waals surface area contributed by atoms with Gasteiger partial charge in [0, 0.05) is 30.3 Å². The summed E-state index contributed by atoms with van der Waals surface area (Å²) in [4.78, 5) is 14.6. The largest absolute Gasteiger partial charge is 0.439 e. The quantitative estimate of drug-likeness (QED) is 0.791. The molecule has 2 aromatic rings. The molecule has 0 spiro atoms. The maximum absolute atomic E-state index is 14.3. The maximum Gasteiger partial charge on any atom is 0.412 e. The van der Waals surface area contributed by atoms with Crippen LogP contribution < -0.4 is 5.32 Å². The molecule has 6 heteroatoms. The number of amides is 1. The first-order valence-corrected chi connectivity index (χ1v) is 9.43. The molecule has 0 aliphatic carbocycles. The number of ether oxygens (including phenoxy) is 1. The number of nitrogens with zero attached hydrogens (tertiary/aromatic N) is 1. The Balaban J connectivity index is 1.59. The molecule has 0 aromatic heterocycles. The zero-order chi connectivity index (χ0) is 18.8. The highest BCUT2D eigenvalue weighted by atomic mass is 35.5. The third-order valence-corrected chi connectivity index (χ3v) is 5.50. The van der Waals surface area contributed by atoms with E-state index in [4.69, 9.17) is 16.3 Å². The van der Waals surface area contributed by atoms with Crippen LogP contribution in [0.25, 0.3) is 6.08 Å². The van der Waals surface area contributed by atoms with E-state index in [0.29, 0.717) is 16.3 Å². The maximum atomic E-state index is 14.3. The van der Waals surface area contributed by atoms with Crippen LogP contribution in [0.1, 0.15) is 18.4 Å². The summed E-state index contributed by atoms with van der Waals surface area (Å²) in [6, 6.07) is 13.8. The Bertz CT molecular complexity index is 843. The van der Waals surface area contributed by atoms with Crippen molar-refractivity contribution in [2.75, 3.05) is 18.4 Å². The Morgan fingerprint density at radius 1 is 1.15 bits per heavy atom. The second-order valence-electron chi connectivity index (χ2n) is 6.85. The van der Waals surface area contributed by atoms with Gasteiger partial charge in [0.1, 0.15) is 11.9 Å². The average molecular weight is 387 g/mol. The van der Waals surface area contributed by atoms with Crippen LogP contribution in [0, 0.1) is 11.7 Å². The Labute approximate surface area is 162 Å². The highest BCUT2D eigenvalue weighted by Crippen LogP contribution is 2.38. The predicted octanol–water partition coefficient (Wildman–Crippen LogP) is 5.16. The topological polar surface area (TPSA) is 41.6 Å². The monoisotopic (exact) mass is 386 g/mol. The molecule has 4 nitrogen and oxygen atoms in total. The zero-order valence-corrected chi connectivity index (χ0v) is 15.5. The summed E-state index contributed by atoms with van der Waals surface area (Å²) < 4.78 is 20.0. The molecule has 3 fully saturated rings. The smallest absolute Gasteiger partial charge is 0.412 e. The van der Waals surface area contributed by atoms with E-state index in [1.165, 1.54) is 6.07 Å². The SMILES string of the molecule is O=C(Nc1ccccc1)OC1C(=Cc2c(F)cccc2Cl)N2CCC1CC2. The summed E-state index contributed by atoms with van der Waals surface area (Å²) in [5.74, 6) is -0.154. The van der Waals surface area contributed by atoms with Gasteiger partial charge in [0.2, 0.25) is 0 Å². The number of anilines is 1. The van der Waals surface area contributed by atoms with Crippen molar-refractivity contribution in [3.05, 3.63) is 70.6 Å². The van der Waals surface area contributed by atoms with Gasteiger partial charge in [-0.3, -0.25) is 5.32 Å². The molecule has 1 atom stereocenters. The lowest BCUT2D eigenvalue weighted by Crippen LogP contribution is -2.50. The van der Waals surface area contributed by atoms with Gasteiger partial charge in [-0.1, -0.05) is 35.9 Å². The van der Waals surface area contributed by atoms with Crippen LogP contribution in [-0.2, 0) is 4.74 Å². The van der Waals surface area contributed by atoms with Crippen LogP contribution >= 0.6 is 11.6 Å². The summed E-state index contributed by atoms with van der Waals surface area (Å²) in [5, 5.41) is 3.09. The van der Waals surface area contributed by atoms with Crippen LogP contribution in [0.4, 0.5) is 14.9 Å². The Morgan fingerprint density at radius 2 is 1.89 bits per heavy atom. The van der Waals surface area contributed by atoms with E-state index in [1.807, 2.05) is 18.2 Å². The van der Waals surface area contributed by atoms with Gasteiger partial charge < -0.3 is 9.64 Å². The zero-order valence-electron chi connectivity index (χ0n) is 14.7. The molecule has 1 N–H and O–H groups in total. The average Bonchev–Trinajstić information content (AvgIpc) is 2.67. The minimum absolute atomic E-state index is 0.230. The van der Waals surface area contributed by atoms with Crippen molar-refractivity contribution in [2.45, 2.75) is 18.9 Å². The summed E-state index contributed by atoms with van der Waals surface area (Å²) in [6.45, 7) is 1.76. The van der Waals surface area contributed by atoms with Crippen molar-refractivity contribution in [1.82, 2.24) is 4.90 Å². The number of hydrogen-bond acceptors (Lipinski definition) is 3. The van der Waals surface area contributed by atoms with E-state index < -0.39 is 12.2 Å². The van der Waals surface area contributed by atoms with Crippen LogP contribution in [0.2, 0.25) is 5.02 Å². The van der Waals surface area contributed by atoms with E-state index in [9.17, 15) is 9.18 Å². The van der Waals surface area contributed by atoms with Gasteiger partial charge in [0.15, 0.2) is 0 Å². The molecular weight excluding hydrogens is 367 g/mol. The van der Waals surface area contributed by atoms with Gasteiger partial charge in [0.05, 0.1) is 10.7 Å². The Kier molecular flexibility index (Phi) is 5.03. The number of benzene rings is 2. The fourth-order valence-electron chi connectivity index (χ4n) is 3.79. The first-order valence-electron chi connectivity index (χ1n) is 9.05. The summed E-state index contributed by atoms with van der Waals surface area (Å²) in [7, 11) is 0. The number of piperidine rings is 3. The van der Waals surface area contributed by atoms with Gasteiger partial charge in [-0.15, -0.1) is 0 Å². The minimum Gasteiger partial charge on any atom is -0.439 e. The van der Waals surface area contributed by atoms with Crippen molar-refractivity contribution >= 4 is 29.5 Å². The van der Waals surface area contributed by atoms with E-state index in [2.05, 4.69) is 10.2 Å². The molecule has 3 aliphatic heterocycles. The highest BCUT2D eigenvalue weighted by Gasteiger charge is 2.40.